The van der Waals surface area contributed by atoms with E-state index in [1.165, 1.54) is 5.39 Å². The molecule has 0 aliphatic heterocycles. The van der Waals surface area contributed by atoms with E-state index in [9.17, 15) is 0 Å². The van der Waals surface area contributed by atoms with Crippen LogP contribution in [0.1, 0.15) is 0 Å². The van der Waals surface area contributed by atoms with Crippen molar-refractivity contribution in [1.82, 2.24) is 14.5 Å². The number of rotatable bonds is 3. The molecule has 17 heavy (non-hydrogen) atoms. The Labute approximate surface area is 99.1 Å². The van der Waals surface area contributed by atoms with Crippen LogP contribution >= 0.6 is 0 Å². The van der Waals surface area contributed by atoms with Crippen LogP contribution in [0.2, 0.25) is 0 Å². The highest BCUT2D eigenvalue weighted by molar-refractivity contribution is 5.94. The van der Waals surface area contributed by atoms with Crippen molar-refractivity contribution < 1.29 is 0 Å². The molecule has 4 heteroatoms. The summed E-state index contributed by atoms with van der Waals surface area (Å²) >= 11 is 0. The van der Waals surface area contributed by atoms with E-state index in [1.807, 2.05) is 35.4 Å². The van der Waals surface area contributed by atoms with Crippen molar-refractivity contribution in [2.24, 2.45) is 5.73 Å². The van der Waals surface area contributed by atoms with Crippen molar-refractivity contribution in [3.05, 3.63) is 43.0 Å². The van der Waals surface area contributed by atoms with Crippen molar-refractivity contribution in [1.29, 1.82) is 0 Å². The van der Waals surface area contributed by atoms with Gasteiger partial charge in [0.2, 0.25) is 0 Å². The van der Waals surface area contributed by atoms with E-state index in [0.29, 0.717) is 6.54 Å². The molecule has 3 N–H and O–H groups in total. The molecule has 0 fully saturated rings. The molecular formula is C13H14N4. The average molecular weight is 226 g/mol. The lowest BCUT2D eigenvalue weighted by atomic mass is 10.1. The van der Waals surface area contributed by atoms with Crippen molar-refractivity contribution in [2.75, 3.05) is 6.54 Å². The maximum atomic E-state index is 5.52. The van der Waals surface area contributed by atoms with E-state index in [-0.39, 0.29) is 0 Å². The number of benzene rings is 1. The molecule has 86 valence electrons. The van der Waals surface area contributed by atoms with Gasteiger partial charge >= 0.3 is 0 Å². The zero-order chi connectivity index (χ0) is 11.7. The van der Waals surface area contributed by atoms with Crippen LogP contribution in [0.25, 0.3) is 22.2 Å². The molecule has 2 aromatic heterocycles. The molecule has 3 rings (SSSR count). The van der Waals surface area contributed by atoms with E-state index in [1.54, 1.807) is 0 Å². The molecule has 0 saturated carbocycles. The summed E-state index contributed by atoms with van der Waals surface area (Å²) in [5.41, 5.74) is 8.78. The Hall–Kier alpha value is -2.07. The molecule has 0 aliphatic carbocycles. The van der Waals surface area contributed by atoms with Gasteiger partial charge in [0, 0.05) is 41.9 Å². The van der Waals surface area contributed by atoms with Crippen molar-refractivity contribution in [2.45, 2.75) is 6.54 Å². The van der Waals surface area contributed by atoms with Gasteiger partial charge in [-0.15, -0.1) is 0 Å². The van der Waals surface area contributed by atoms with E-state index < -0.39 is 0 Å². The second-order valence-electron chi connectivity index (χ2n) is 4.03. The van der Waals surface area contributed by atoms with Gasteiger partial charge in [0.1, 0.15) is 0 Å². The summed E-state index contributed by atoms with van der Waals surface area (Å²) in [4.78, 5) is 7.67. The molecule has 0 unspecified atom stereocenters. The highest BCUT2D eigenvalue weighted by Crippen LogP contribution is 2.26. The molecule has 4 nitrogen and oxygen atoms in total. The Morgan fingerprint density at radius 2 is 2.18 bits per heavy atom. The van der Waals surface area contributed by atoms with Crippen molar-refractivity contribution in [3.63, 3.8) is 0 Å². The van der Waals surface area contributed by atoms with E-state index >= 15 is 0 Å². The maximum Gasteiger partial charge on any atom is 0.0954 e. The summed E-state index contributed by atoms with van der Waals surface area (Å²) in [6, 6.07) is 8.23. The van der Waals surface area contributed by atoms with Gasteiger partial charge in [0.05, 0.1) is 12.0 Å². The van der Waals surface area contributed by atoms with Crippen LogP contribution in [-0.2, 0) is 6.54 Å². The lowest BCUT2D eigenvalue weighted by Crippen LogP contribution is -2.07. The monoisotopic (exact) mass is 226 g/mol. The number of imidazole rings is 1. The van der Waals surface area contributed by atoms with Crippen molar-refractivity contribution >= 4 is 10.9 Å². The number of aromatic amines is 1. The highest BCUT2D eigenvalue weighted by atomic mass is 15.0. The summed E-state index contributed by atoms with van der Waals surface area (Å²) in [6.45, 7) is 1.43. The number of H-pyrrole nitrogens is 1. The number of para-hydroxylation sites is 1. The fraction of sp³-hybridized carbons (Fsp3) is 0.154. The van der Waals surface area contributed by atoms with E-state index in [2.05, 4.69) is 22.1 Å². The van der Waals surface area contributed by atoms with Crippen molar-refractivity contribution in [3.8, 4) is 11.3 Å². The third-order valence-corrected chi connectivity index (χ3v) is 2.89. The Balaban J connectivity index is 2.07. The molecule has 1 aromatic carbocycles. The second-order valence-corrected chi connectivity index (χ2v) is 4.03. The molecular weight excluding hydrogens is 212 g/mol. The van der Waals surface area contributed by atoms with Gasteiger partial charge in [-0.3, -0.25) is 0 Å². The molecule has 0 amide bonds. The first kappa shape index (κ1) is 10.1. The topological polar surface area (TPSA) is 59.6 Å². The van der Waals surface area contributed by atoms with Crippen LogP contribution in [0.15, 0.2) is 43.0 Å². The zero-order valence-corrected chi connectivity index (χ0v) is 9.43. The summed E-state index contributed by atoms with van der Waals surface area (Å²) in [7, 11) is 0. The first-order valence-corrected chi connectivity index (χ1v) is 5.67. The minimum Gasteiger partial charge on any atom is -0.360 e. The number of nitrogens with two attached hydrogens (primary N) is 1. The van der Waals surface area contributed by atoms with Crippen LogP contribution < -0.4 is 5.73 Å². The second kappa shape index (κ2) is 4.07. The highest BCUT2D eigenvalue weighted by Gasteiger charge is 2.07. The smallest absolute Gasteiger partial charge is 0.0954 e. The largest absolute Gasteiger partial charge is 0.360 e. The molecule has 0 saturated heterocycles. The van der Waals surface area contributed by atoms with Gasteiger partial charge in [-0.05, 0) is 6.07 Å². The predicted octanol–water partition coefficient (Wildman–Crippen LogP) is 1.99. The summed E-state index contributed by atoms with van der Waals surface area (Å²) in [6.07, 6.45) is 5.85. The number of hydrogen-bond acceptors (Lipinski definition) is 2. The Kier molecular flexibility index (Phi) is 2.42. The van der Waals surface area contributed by atoms with Gasteiger partial charge < -0.3 is 15.3 Å². The minimum absolute atomic E-state index is 0.629. The molecule has 0 spiro atoms. The molecule has 3 aromatic rings. The van der Waals surface area contributed by atoms with Gasteiger partial charge in [-0.1, -0.05) is 18.2 Å². The van der Waals surface area contributed by atoms with Gasteiger partial charge in [-0.2, -0.15) is 0 Å². The molecule has 0 radical (unpaired) electrons. The number of aromatic nitrogens is 3. The van der Waals surface area contributed by atoms with E-state index in [0.717, 1.165) is 23.3 Å². The van der Waals surface area contributed by atoms with Crippen LogP contribution in [0.4, 0.5) is 0 Å². The fourth-order valence-corrected chi connectivity index (χ4v) is 2.05. The maximum absolute atomic E-state index is 5.52. The Morgan fingerprint density at radius 3 is 3.06 bits per heavy atom. The van der Waals surface area contributed by atoms with Crippen LogP contribution in [0, 0.1) is 0 Å². The van der Waals surface area contributed by atoms with Gasteiger partial charge in [0.25, 0.3) is 0 Å². The van der Waals surface area contributed by atoms with Crippen LogP contribution in [0.3, 0.4) is 0 Å². The summed E-state index contributed by atoms with van der Waals surface area (Å²) < 4.78 is 2.01. The van der Waals surface area contributed by atoms with Crippen LogP contribution in [0.5, 0.6) is 0 Å². The standard InChI is InChI=1S/C13H14N4/c14-5-6-17-8-13(16-9-17)11-7-15-12-4-2-1-3-10(11)12/h1-4,7-9,15H,5-6,14H2. The summed E-state index contributed by atoms with van der Waals surface area (Å²) in [5, 5.41) is 1.20. The summed E-state index contributed by atoms with van der Waals surface area (Å²) in [5.74, 6) is 0. The quantitative estimate of drug-likeness (QED) is 0.717. The molecule has 0 atom stereocenters. The third kappa shape index (κ3) is 1.72. The molecule has 2 heterocycles. The molecule has 0 bridgehead atoms. The normalized spacial score (nSPS) is 11.1. The van der Waals surface area contributed by atoms with Gasteiger partial charge in [-0.25, -0.2) is 4.98 Å². The zero-order valence-electron chi connectivity index (χ0n) is 9.43. The number of fused-ring (bicyclic) bond motifs is 1. The third-order valence-electron chi connectivity index (χ3n) is 2.89. The lowest BCUT2D eigenvalue weighted by Gasteiger charge is -1.96. The van der Waals surface area contributed by atoms with E-state index in [4.69, 9.17) is 5.73 Å². The first-order chi connectivity index (χ1) is 8.38. The Morgan fingerprint density at radius 1 is 1.29 bits per heavy atom. The first-order valence-electron chi connectivity index (χ1n) is 5.67. The predicted molar refractivity (Wildman–Crippen MR) is 68.6 cm³/mol. The fourth-order valence-electron chi connectivity index (χ4n) is 2.05. The number of nitrogens with zero attached hydrogens (tertiary/aromatic N) is 2. The lowest BCUT2D eigenvalue weighted by molar-refractivity contribution is 0.708. The van der Waals surface area contributed by atoms with Crippen LogP contribution in [-0.4, -0.2) is 21.1 Å². The van der Waals surface area contributed by atoms with Gasteiger partial charge in [0.15, 0.2) is 0 Å². The molecule has 0 aliphatic rings. The Bertz CT molecular complexity index is 635. The average Bonchev–Trinajstić information content (AvgIpc) is 2.95. The minimum atomic E-state index is 0.629. The number of nitrogens with one attached hydrogen (secondary N) is 1. The SMILES string of the molecule is NCCn1cnc(-c2c[nH]c3ccccc23)c1. The number of hydrogen-bond donors (Lipinski definition) is 2.